The molecule has 0 saturated carbocycles. The van der Waals surface area contributed by atoms with Crippen LogP contribution in [0.15, 0.2) is 0 Å². The number of nitrogens with zero attached hydrogens (tertiary/aromatic N) is 1. The van der Waals surface area contributed by atoms with E-state index in [2.05, 4.69) is 14.1 Å². The van der Waals surface area contributed by atoms with Crippen LogP contribution in [0.25, 0.3) is 0 Å². The number of carbonyl (C=O) groups excluding carboxylic acids is 1. The standard InChI is InChI=1S/C10H20NO.HI/c1-4-10(12)9-5-7-11(2,3)8-6-9;/h9H,4-8H2,1-3H3;1H/q+1;/p-1. The summed E-state index contributed by atoms with van der Waals surface area (Å²) in [7, 11) is 4.49. The molecule has 0 aliphatic carbocycles. The highest BCUT2D eigenvalue weighted by Gasteiger charge is 2.29. The summed E-state index contributed by atoms with van der Waals surface area (Å²) in [4.78, 5) is 11.4. The molecule has 0 atom stereocenters. The lowest BCUT2D eigenvalue weighted by atomic mass is 9.90. The number of likely N-dealkylation sites (tertiary alicyclic amines) is 1. The Morgan fingerprint density at radius 3 is 2.15 bits per heavy atom. The van der Waals surface area contributed by atoms with E-state index >= 15 is 0 Å². The Balaban J connectivity index is 0.00000144. The fourth-order valence-electron chi connectivity index (χ4n) is 1.88. The third kappa shape index (κ3) is 3.94. The monoisotopic (exact) mass is 297 g/mol. The normalized spacial score (nSPS) is 22.1. The average molecular weight is 297 g/mol. The fraction of sp³-hybridized carbons (Fsp3) is 0.900. The smallest absolute Gasteiger partial charge is 0.136 e. The molecule has 0 spiro atoms. The second kappa shape index (κ2) is 5.29. The first-order chi connectivity index (χ1) is 5.55. The predicted molar refractivity (Wildman–Crippen MR) is 49.9 cm³/mol. The van der Waals surface area contributed by atoms with Gasteiger partial charge in [-0.25, -0.2) is 0 Å². The number of quaternary nitrogens is 1. The van der Waals surface area contributed by atoms with Crippen molar-refractivity contribution in [1.29, 1.82) is 0 Å². The van der Waals surface area contributed by atoms with Crippen LogP contribution in [-0.2, 0) is 4.79 Å². The lowest BCUT2D eigenvalue weighted by Crippen LogP contribution is -3.00. The van der Waals surface area contributed by atoms with Gasteiger partial charge in [0.2, 0.25) is 0 Å². The summed E-state index contributed by atoms with van der Waals surface area (Å²) in [6, 6.07) is 0. The summed E-state index contributed by atoms with van der Waals surface area (Å²) >= 11 is 0. The van der Waals surface area contributed by atoms with Gasteiger partial charge in [-0.2, -0.15) is 0 Å². The second-order valence-electron chi connectivity index (χ2n) is 4.48. The van der Waals surface area contributed by atoms with E-state index in [0.29, 0.717) is 11.7 Å². The minimum Gasteiger partial charge on any atom is -1.00 e. The van der Waals surface area contributed by atoms with E-state index in [0.717, 1.165) is 36.8 Å². The van der Waals surface area contributed by atoms with Gasteiger partial charge in [-0.15, -0.1) is 0 Å². The van der Waals surface area contributed by atoms with Gasteiger partial charge in [0, 0.05) is 25.2 Å². The molecule has 78 valence electrons. The van der Waals surface area contributed by atoms with Crippen molar-refractivity contribution in [1.82, 2.24) is 0 Å². The van der Waals surface area contributed by atoms with Crippen LogP contribution in [-0.4, -0.2) is 37.5 Å². The molecule has 0 aromatic carbocycles. The topological polar surface area (TPSA) is 17.1 Å². The van der Waals surface area contributed by atoms with E-state index in [1.54, 1.807) is 0 Å². The van der Waals surface area contributed by atoms with Gasteiger partial charge < -0.3 is 28.5 Å². The number of ketones is 1. The summed E-state index contributed by atoms with van der Waals surface area (Å²) < 4.78 is 1.09. The molecule has 0 unspecified atom stereocenters. The van der Waals surface area contributed by atoms with Crippen LogP contribution in [0.4, 0.5) is 0 Å². The first kappa shape index (κ1) is 13.4. The van der Waals surface area contributed by atoms with Crippen molar-refractivity contribution in [2.24, 2.45) is 5.92 Å². The quantitative estimate of drug-likeness (QED) is 0.446. The van der Waals surface area contributed by atoms with E-state index in [4.69, 9.17) is 0 Å². The zero-order chi connectivity index (χ0) is 9.19. The predicted octanol–water partition coefficient (Wildman–Crippen LogP) is -1.54. The van der Waals surface area contributed by atoms with E-state index in [1.165, 1.54) is 0 Å². The summed E-state index contributed by atoms with van der Waals surface area (Å²) in [5, 5.41) is 0. The zero-order valence-corrected chi connectivity index (χ0v) is 11.0. The van der Waals surface area contributed by atoms with Crippen molar-refractivity contribution in [3.63, 3.8) is 0 Å². The van der Waals surface area contributed by atoms with Crippen molar-refractivity contribution < 1.29 is 33.3 Å². The molecule has 0 radical (unpaired) electrons. The summed E-state index contributed by atoms with van der Waals surface area (Å²) in [6.45, 7) is 4.30. The summed E-state index contributed by atoms with van der Waals surface area (Å²) in [5.74, 6) is 0.843. The number of Topliss-reactive ketones (excluding diaryl/α,β-unsaturated/α-hetero) is 1. The van der Waals surface area contributed by atoms with Crippen LogP contribution in [0.2, 0.25) is 0 Å². The molecule has 0 aromatic rings. The highest BCUT2D eigenvalue weighted by molar-refractivity contribution is 5.80. The van der Waals surface area contributed by atoms with Crippen molar-refractivity contribution in [3.05, 3.63) is 0 Å². The number of hydrogen-bond donors (Lipinski definition) is 0. The molecule has 1 rings (SSSR count). The molecular weight excluding hydrogens is 277 g/mol. The van der Waals surface area contributed by atoms with Gasteiger partial charge in [0.05, 0.1) is 27.2 Å². The van der Waals surface area contributed by atoms with Crippen LogP contribution in [0, 0.1) is 5.92 Å². The first-order valence-electron chi connectivity index (χ1n) is 4.90. The van der Waals surface area contributed by atoms with Crippen molar-refractivity contribution in [3.8, 4) is 0 Å². The molecule has 0 bridgehead atoms. The van der Waals surface area contributed by atoms with Crippen molar-refractivity contribution in [2.45, 2.75) is 26.2 Å². The van der Waals surface area contributed by atoms with Crippen LogP contribution in [0.1, 0.15) is 26.2 Å². The third-order valence-corrected chi connectivity index (χ3v) is 2.97. The van der Waals surface area contributed by atoms with Gasteiger partial charge in [-0.05, 0) is 0 Å². The lowest BCUT2D eigenvalue weighted by molar-refractivity contribution is -0.895. The molecule has 13 heavy (non-hydrogen) atoms. The first-order valence-corrected chi connectivity index (χ1v) is 4.90. The molecule has 1 heterocycles. The minimum absolute atomic E-state index is 0. The van der Waals surface area contributed by atoms with Gasteiger partial charge in [0.1, 0.15) is 5.78 Å². The third-order valence-electron chi connectivity index (χ3n) is 2.97. The molecule has 2 nitrogen and oxygen atoms in total. The van der Waals surface area contributed by atoms with Gasteiger partial charge in [-0.1, -0.05) is 6.92 Å². The number of rotatable bonds is 2. The molecule has 3 heteroatoms. The van der Waals surface area contributed by atoms with Gasteiger partial charge in [0.15, 0.2) is 0 Å². The number of carbonyl (C=O) groups is 1. The molecule has 0 aromatic heterocycles. The molecule has 1 fully saturated rings. The number of hydrogen-bond acceptors (Lipinski definition) is 1. The molecule has 1 aliphatic heterocycles. The van der Waals surface area contributed by atoms with Gasteiger partial charge in [-0.3, -0.25) is 4.79 Å². The highest BCUT2D eigenvalue weighted by atomic mass is 127. The SMILES string of the molecule is CCC(=O)C1CC[N+](C)(C)CC1.[I-]. The minimum atomic E-state index is 0. The molecular formula is C10H20INO. The largest absolute Gasteiger partial charge is 1.00 e. The Kier molecular flexibility index (Phi) is 5.44. The van der Waals surface area contributed by atoms with E-state index in [9.17, 15) is 4.79 Å². The Hall–Kier alpha value is 0.360. The Labute approximate surface area is 98.3 Å². The Bertz CT molecular complexity index is 170. The van der Waals surface area contributed by atoms with Crippen molar-refractivity contribution >= 4 is 5.78 Å². The van der Waals surface area contributed by atoms with Crippen LogP contribution in [0.3, 0.4) is 0 Å². The van der Waals surface area contributed by atoms with E-state index in [-0.39, 0.29) is 24.0 Å². The second-order valence-corrected chi connectivity index (χ2v) is 4.48. The van der Waals surface area contributed by atoms with Gasteiger partial charge >= 0.3 is 0 Å². The fourth-order valence-corrected chi connectivity index (χ4v) is 1.88. The van der Waals surface area contributed by atoms with Crippen molar-refractivity contribution in [2.75, 3.05) is 27.2 Å². The Morgan fingerprint density at radius 1 is 1.31 bits per heavy atom. The van der Waals surface area contributed by atoms with Gasteiger partial charge in [0.25, 0.3) is 0 Å². The Morgan fingerprint density at radius 2 is 1.77 bits per heavy atom. The molecule has 0 N–H and O–H groups in total. The maximum Gasteiger partial charge on any atom is 0.136 e. The number of piperidine rings is 1. The lowest BCUT2D eigenvalue weighted by Gasteiger charge is -2.36. The number of halogens is 1. The van der Waals surface area contributed by atoms with E-state index < -0.39 is 0 Å². The summed E-state index contributed by atoms with van der Waals surface area (Å²) in [5.41, 5.74) is 0. The van der Waals surface area contributed by atoms with E-state index in [1.807, 2.05) is 6.92 Å². The van der Waals surface area contributed by atoms with Crippen LogP contribution < -0.4 is 24.0 Å². The maximum absolute atomic E-state index is 11.4. The maximum atomic E-state index is 11.4. The molecule has 1 saturated heterocycles. The van der Waals surface area contributed by atoms with Crippen LogP contribution in [0.5, 0.6) is 0 Å². The molecule has 0 amide bonds. The van der Waals surface area contributed by atoms with Crippen LogP contribution >= 0.6 is 0 Å². The zero-order valence-electron chi connectivity index (χ0n) is 8.85. The summed E-state index contributed by atoms with van der Waals surface area (Å²) in [6.07, 6.45) is 2.91. The average Bonchev–Trinajstić information content (AvgIpc) is 2.03. The molecule has 1 aliphatic rings. The highest BCUT2D eigenvalue weighted by Crippen LogP contribution is 2.21.